The summed E-state index contributed by atoms with van der Waals surface area (Å²) in [5.74, 6) is 0. The minimum atomic E-state index is 1.18. The molecule has 0 radical (unpaired) electrons. The molecule has 1 rings (SSSR count). The van der Waals surface area contributed by atoms with Crippen LogP contribution in [0, 0.1) is 0 Å². The predicted molar refractivity (Wildman–Crippen MR) is 97.1 cm³/mol. The van der Waals surface area contributed by atoms with E-state index in [9.17, 15) is 0 Å². The Morgan fingerprint density at radius 1 is 0.636 bits per heavy atom. The first-order valence-electron chi connectivity index (χ1n) is 9.84. The van der Waals surface area contributed by atoms with Gasteiger partial charge in [-0.25, -0.2) is 4.57 Å². The van der Waals surface area contributed by atoms with Crippen LogP contribution in [0.25, 0.3) is 0 Å². The molecular formula is C21H38N+. The van der Waals surface area contributed by atoms with Crippen molar-refractivity contribution in [3.05, 3.63) is 30.1 Å². The molecule has 22 heavy (non-hydrogen) atoms. The first-order chi connectivity index (χ1) is 10.9. The van der Waals surface area contributed by atoms with Crippen LogP contribution < -0.4 is 4.57 Å². The van der Waals surface area contributed by atoms with E-state index >= 15 is 0 Å². The number of nitrogens with zero attached hydrogens (tertiary/aromatic N) is 1. The molecule has 0 saturated heterocycles. The van der Waals surface area contributed by atoms with E-state index in [1.54, 1.807) is 0 Å². The molecule has 0 aliphatic rings. The first-order valence-corrected chi connectivity index (χ1v) is 9.84. The monoisotopic (exact) mass is 304 g/mol. The fourth-order valence-corrected chi connectivity index (χ4v) is 2.99. The number of aromatic nitrogens is 1. The second-order valence-electron chi connectivity index (χ2n) is 6.73. The van der Waals surface area contributed by atoms with Crippen molar-refractivity contribution in [3.8, 4) is 0 Å². The lowest BCUT2D eigenvalue weighted by molar-refractivity contribution is -0.697. The summed E-state index contributed by atoms with van der Waals surface area (Å²) in [7, 11) is 0. The van der Waals surface area contributed by atoms with E-state index in [2.05, 4.69) is 42.9 Å². The largest absolute Gasteiger partial charge is 0.205 e. The highest BCUT2D eigenvalue weighted by Crippen LogP contribution is 2.09. The summed E-state index contributed by atoms with van der Waals surface area (Å²) < 4.78 is 2.35. The molecule has 0 aliphatic heterocycles. The lowest BCUT2D eigenvalue weighted by atomic mass is 10.1. The van der Waals surface area contributed by atoms with E-state index in [-0.39, 0.29) is 0 Å². The first kappa shape index (κ1) is 19.2. The van der Waals surface area contributed by atoms with Crippen LogP contribution >= 0.6 is 0 Å². The van der Waals surface area contributed by atoms with Gasteiger partial charge in [-0.3, -0.25) is 0 Å². The highest BCUT2D eigenvalue weighted by atomic mass is 14.9. The van der Waals surface area contributed by atoms with Crippen LogP contribution in [-0.4, -0.2) is 0 Å². The Balaban J connectivity index is 2.07. The van der Waals surface area contributed by atoms with E-state index < -0.39 is 0 Å². The van der Waals surface area contributed by atoms with Gasteiger partial charge >= 0.3 is 0 Å². The second kappa shape index (κ2) is 13.8. The zero-order chi connectivity index (χ0) is 15.9. The van der Waals surface area contributed by atoms with Gasteiger partial charge in [0.05, 0.1) is 0 Å². The van der Waals surface area contributed by atoms with Crippen LogP contribution in [0.3, 0.4) is 0 Å². The van der Waals surface area contributed by atoms with Crippen molar-refractivity contribution in [1.82, 2.24) is 0 Å². The highest BCUT2D eigenvalue weighted by molar-refractivity contribution is 5.07. The Labute approximate surface area is 139 Å². The van der Waals surface area contributed by atoms with Crippen LogP contribution in [0.1, 0.15) is 96.5 Å². The van der Waals surface area contributed by atoms with Gasteiger partial charge in [0.15, 0.2) is 12.4 Å². The summed E-state index contributed by atoms with van der Waals surface area (Å²) in [5, 5.41) is 0. The van der Waals surface area contributed by atoms with Gasteiger partial charge in [-0.15, -0.1) is 0 Å². The molecule has 1 nitrogen and oxygen atoms in total. The molecule has 0 saturated carbocycles. The zero-order valence-corrected chi connectivity index (χ0v) is 15.2. The van der Waals surface area contributed by atoms with Gasteiger partial charge in [0.2, 0.25) is 0 Å². The SMILES string of the molecule is CCCCCCCCc1cc[n+](CCCCCCCC)cc1. The molecule has 1 aromatic rings. The normalized spacial score (nSPS) is 11.0. The van der Waals surface area contributed by atoms with Gasteiger partial charge in [-0.05, 0) is 24.8 Å². The smallest absolute Gasteiger partial charge is 0.169 e. The number of unbranched alkanes of at least 4 members (excludes halogenated alkanes) is 10. The van der Waals surface area contributed by atoms with Crippen molar-refractivity contribution in [1.29, 1.82) is 0 Å². The lowest BCUT2D eigenvalue weighted by Crippen LogP contribution is -2.32. The lowest BCUT2D eigenvalue weighted by Gasteiger charge is -2.02. The number of hydrogen-bond acceptors (Lipinski definition) is 0. The highest BCUT2D eigenvalue weighted by Gasteiger charge is 2.01. The Hall–Kier alpha value is -0.850. The van der Waals surface area contributed by atoms with Gasteiger partial charge < -0.3 is 0 Å². The standard InChI is InChI=1S/C21H38N/c1-3-5-7-9-11-13-15-21-16-19-22(20-17-21)18-14-12-10-8-6-4-2/h16-17,19-20H,3-15,18H2,1-2H3/q+1. The summed E-state index contributed by atoms with van der Waals surface area (Å²) in [6.45, 7) is 5.75. The Bertz CT molecular complexity index is 306. The number of pyridine rings is 1. The topological polar surface area (TPSA) is 3.88 Å². The molecule has 0 N–H and O–H groups in total. The number of rotatable bonds is 14. The van der Waals surface area contributed by atoms with Crippen LogP contribution in [0.2, 0.25) is 0 Å². The maximum absolute atomic E-state index is 2.35. The van der Waals surface area contributed by atoms with Gasteiger partial charge in [-0.1, -0.05) is 71.6 Å². The molecule has 0 aliphatic carbocycles. The fraction of sp³-hybridized carbons (Fsp3) is 0.762. The molecule has 0 fully saturated rings. The molecule has 0 amide bonds. The third-order valence-corrected chi connectivity index (χ3v) is 4.55. The van der Waals surface area contributed by atoms with Crippen LogP contribution in [0.15, 0.2) is 24.5 Å². The van der Waals surface area contributed by atoms with Crippen LogP contribution in [0.4, 0.5) is 0 Å². The number of aryl methyl sites for hydroxylation is 2. The maximum Gasteiger partial charge on any atom is 0.169 e. The van der Waals surface area contributed by atoms with E-state index in [0.29, 0.717) is 0 Å². The predicted octanol–water partition coefficient (Wildman–Crippen LogP) is 6.24. The second-order valence-corrected chi connectivity index (χ2v) is 6.73. The molecular weight excluding hydrogens is 266 g/mol. The summed E-state index contributed by atoms with van der Waals surface area (Å²) in [6, 6.07) is 4.65. The molecule has 1 heteroatoms. The molecule has 126 valence electrons. The molecule has 0 spiro atoms. The summed E-state index contributed by atoms with van der Waals surface area (Å²) in [6.07, 6.45) is 22.4. The van der Waals surface area contributed by atoms with Crippen LogP contribution in [0.5, 0.6) is 0 Å². The van der Waals surface area contributed by atoms with Crippen molar-refractivity contribution in [2.24, 2.45) is 0 Å². The van der Waals surface area contributed by atoms with E-state index in [1.807, 2.05) is 0 Å². The summed E-state index contributed by atoms with van der Waals surface area (Å²) >= 11 is 0. The quantitative estimate of drug-likeness (QED) is 0.283. The van der Waals surface area contributed by atoms with E-state index in [0.717, 1.165) is 0 Å². The Kier molecular flexibility index (Phi) is 12.0. The van der Waals surface area contributed by atoms with Crippen molar-refractivity contribution in [2.45, 2.75) is 104 Å². The molecule has 0 aromatic carbocycles. The third-order valence-electron chi connectivity index (χ3n) is 4.55. The van der Waals surface area contributed by atoms with E-state index in [1.165, 1.54) is 95.6 Å². The summed E-state index contributed by atoms with van der Waals surface area (Å²) in [4.78, 5) is 0. The molecule has 0 unspecified atom stereocenters. The third kappa shape index (κ3) is 9.97. The van der Waals surface area contributed by atoms with Crippen molar-refractivity contribution in [3.63, 3.8) is 0 Å². The van der Waals surface area contributed by atoms with Crippen molar-refractivity contribution >= 4 is 0 Å². The molecule has 1 aromatic heterocycles. The molecule has 1 heterocycles. The molecule has 0 bridgehead atoms. The Morgan fingerprint density at radius 2 is 1.14 bits per heavy atom. The fourth-order valence-electron chi connectivity index (χ4n) is 2.99. The summed E-state index contributed by atoms with van der Waals surface area (Å²) in [5.41, 5.74) is 1.51. The minimum absolute atomic E-state index is 1.18. The minimum Gasteiger partial charge on any atom is -0.205 e. The van der Waals surface area contributed by atoms with Crippen molar-refractivity contribution < 1.29 is 4.57 Å². The number of hydrogen-bond donors (Lipinski definition) is 0. The van der Waals surface area contributed by atoms with Crippen molar-refractivity contribution in [2.75, 3.05) is 0 Å². The molecule has 0 atom stereocenters. The van der Waals surface area contributed by atoms with Gasteiger partial charge in [0.25, 0.3) is 0 Å². The average Bonchev–Trinajstić information content (AvgIpc) is 2.55. The zero-order valence-electron chi connectivity index (χ0n) is 15.2. The maximum atomic E-state index is 2.35. The van der Waals surface area contributed by atoms with Gasteiger partial charge in [0, 0.05) is 18.6 Å². The van der Waals surface area contributed by atoms with Crippen LogP contribution in [-0.2, 0) is 13.0 Å². The van der Waals surface area contributed by atoms with Gasteiger partial charge in [0.1, 0.15) is 6.54 Å². The average molecular weight is 305 g/mol. The van der Waals surface area contributed by atoms with E-state index in [4.69, 9.17) is 0 Å². The van der Waals surface area contributed by atoms with Gasteiger partial charge in [-0.2, -0.15) is 0 Å². The Morgan fingerprint density at radius 3 is 1.73 bits per heavy atom.